The number of hydrogen-bond donors (Lipinski definition) is 2. The molecule has 142 valence electrons. The van der Waals surface area contributed by atoms with Crippen LogP contribution in [0.4, 0.5) is 0 Å². The monoisotopic (exact) mass is 391 g/mol. The molecule has 4 aromatic rings. The van der Waals surface area contributed by atoms with E-state index in [0.717, 1.165) is 33.3 Å². The average molecular weight is 391 g/mol. The lowest BCUT2D eigenvalue weighted by Gasteiger charge is -2.14. The smallest absolute Gasteiger partial charge is 0.252 e. The van der Waals surface area contributed by atoms with E-state index in [9.17, 15) is 4.79 Å². The first-order valence-corrected chi connectivity index (χ1v) is 10.1. The number of furan rings is 1. The molecule has 0 bridgehead atoms. The van der Waals surface area contributed by atoms with Gasteiger partial charge in [0, 0.05) is 11.3 Å². The van der Waals surface area contributed by atoms with Crippen LogP contribution in [0.3, 0.4) is 0 Å². The number of rotatable bonds is 6. The minimum absolute atomic E-state index is 0.109. The first-order valence-electron chi connectivity index (χ1n) is 9.13. The number of nitrogens with zero attached hydrogens (tertiary/aromatic N) is 1. The molecule has 0 aliphatic heterocycles. The summed E-state index contributed by atoms with van der Waals surface area (Å²) in [4.78, 5) is 20.7. The maximum absolute atomic E-state index is 12.8. The quantitative estimate of drug-likeness (QED) is 0.441. The first-order chi connectivity index (χ1) is 13.6. The zero-order valence-electron chi connectivity index (χ0n) is 15.7. The molecule has 1 amide bonds. The molecule has 1 atom stereocenters. The summed E-state index contributed by atoms with van der Waals surface area (Å²) in [6.07, 6.45) is 0. The number of fused-ring (bicyclic) bond motifs is 1. The molecule has 0 fully saturated rings. The predicted octanol–water partition coefficient (Wildman–Crippen LogP) is 5.25. The zero-order valence-corrected chi connectivity index (χ0v) is 16.5. The molecule has 6 heteroatoms. The van der Waals surface area contributed by atoms with Crippen LogP contribution in [-0.4, -0.2) is 15.9 Å². The molecule has 2 heterocycles. The Hall–Kier alpha value is -2.99. The molecular formula is C22H21N3O2S. The van der Waals surface area contributed by atoms with Crippen molar-refractivity contribution in [3.8, 4) is 0 Å². The largest absolute Gasteiger partial charge is 0.464 e. The molecular weight excluding hydrogens is 370 g/mol. The van der Waals surface area contributed by atoms with Gasteiger partial charge in [0.15, 0.2) is 5.16 Å². The van der Waals surface area contributed by atoms with Crippen molar-refractivity contribution in [1.29, 1.82) is 0 Å². The standard InChI is InChI=1S/C22H21N3O2S/c1-14-11-12-20(27-14)15(2)23-21(26)17-8-4-3-7-16(17)13-28-22-24-18-9-5-6-10-19(18)25-22/h3-12,15H,13H2,1-2H3,(H,23,26)(H,24,25). The van der Waals surface area contributed by atoms with Crippen LogP contribution in [0, 0.1) is 6.92 Å². The van der Waals surface area contributed by atoms with Crippen LogP contribution in [-0.2, 0) is 5.75 Å². The van der Waals surface area contributed by atoms with Gasteiger partial charge in [0.1, 0.15) is 11.5 Å². The maximum atomic E-state index is 12.8. The fraction of sp³-hybridized carbons (Fsp3) is 0.182. The Morgan fingerprint density at radius 2 is 1.93 bits per heavy atom. The number of H-pyrrole nitrogens is 1. The van der Waals surface area contributed by atoms with Gasteiger partial charge in [0.05, 0.1) is 17.1 Å². The van der Waals surface area contributed by atoms with Crippen molar-refractivity contribution in [2.24, 2.45) is 0 Å². The van der Waals surface area contributed by atoms with Crippen LogP contribution in [0.25, 0.3) is 11.0 Å². The Bertz CT molecular complexity index is 1080. The van der Waals surface area contributed by atoms with Crippen molar-refractivity contribution in [1.82, 2.24) is 15.3 Å². The van der Waals surface area contributed by atoms with Crippen molar-refractivity contribution < 1.29 is 9.21 Å². The third-order valence-electron chi connectivity index (χ3n) is 4.53. The van der Waals surface area contributed by atoms with Gasteiger partial charge in [-0.05, 0) is 49.7 Å². The van der Waals surface area contributed by atoms with Gasteiger partial charge in [-0.15, -0.1) is 0 Å². The molecule has 4 rings (SSSR count). The molecule has 2 N–H and O–H groups in total. The number of imidazole rings is 1. The average Bonchev–Trinajstić information content (AvgIpc) is 3.32. The van der Waals surface area contributed by atoms with Crippen molar-refractivity contribution in [2.75, 3.05) is 0 Å². The number of nitrogens with one attached hydrogen (secondary N) is 2. The molecule has 28 heavy (non-hydrogen) atoms. The second kappa shape index (κ2) is 7.94. The summed E-state index contributed by atoms with van der Waals surface area (Å²) in [5, 5.41) is 3.86. The number of aromatic amines is 1. The lowest BCUT2D eigenvalue weighted by atomic mass is 10.1. The highest BCUT2D eigenvalue weighted by atomic mass is 32.2. The molecule has 0 spiro atoms. The van der Waals surface area contributed by atoms with E-state index in [1.165, 1.54) is 0 Å². The third kappa shape index (κ3) is 3.97. The van der Waals surface area contributed by atoms with Gasteiger partial charge in [0.25, 0.3) is 5.91 Å². The number of benzene rings is 2. The number of amides is 1. The topological polar surface area (TPSA) is 70.9 Å². The molecule has 0 radical (unpaired) electrons. The lowest BCUT2D eigenvalue weighted by molar-refractivity contribution is 0.0934. The summed E-state index contributed by atoms with van der Waals surface area (Å²) in [6, 6.07) is 19.2. The SMILES string of the molecule is Cc1ccc(C(C)NC(=O)c2ccccc2CSc2nc3ccccc3[nH]2)o1. The number of aromatic nitrogens is 2. The molecule has 0 saturated carbocycles. The fourth-order valence-corrected chi connectivity index (χ4v) is 3.93. The van der Waals surface area contributed by atoms with Gasteiger partial charge < -0.3 is 14.7 Å². The van der Waals surface area contributed by atoms with Crippen molar-refractivity contribution >= 4 is 28.7 Å². The Balaban J connectivity index is 1.47. The molecule has 2 aromatic heterocycles. The van der Waals surface area contributed by atoms with E-state index in [1.54, 1.807) is 11.8 Å². The maximum Gasteiger partial charge on any atom is 0.252 e. The van der Waals surface area contributed by atoms with E-state index in [0.29, 0.717) is 11.3 Å². The molecule has 0 saturated heterocycles. The Labute approximate surface area is 167 Å². The molecule has 0 aliphatic carbocycles. The molecule has 1 unspecified atom stereocenters. The number of carbonyl (C=O) groups excluding carboxylic acids is 1. The van der Waals surface area contributed by atoms with Gasteiger partial charge in [0.2, 0.25) is 0 Å². The summed E-state index contributed by atoms with van der Waals surface area (Å²) in [7, 11) is 0. The van der Waals surface area contributed by atoms with Crippen molar-refractivity contribution in [2.45, 2.75) is 30.8 Å². The summed E-state index contributed by atoms with van der Waals surface area (Å²) in [5.41, 5.74) is 3.59. The normalized spacial score (nSPS) is 12.2. The van der Waals surface area contributed by atoms with E-state index >= 15 is 0 Å². The van der Waals surface area contributed by atoms with Crippen molar-refractivity contribution in [3.05, 3.63) is 83.3 Å². The highest BCUT2D eigenvalue weighted by Crippen LogP contribution is 2.25. The second-order valence-corrected chi connectivity index (χ2v) is 7.61. The number of carbonyl (C=O) groups is 1. The molecule has 0 aliphatic rings. The van der Waals surface area contributed by atoms with Gasteiger partial charge >= 0.3 is 0 Å². The molecule has 2 aromatic carbocycles. The van der Waals surface area contributed by atoms with Crippen LogP contribution >= 0.6 is 11.8 Å². The highest BCUT2D eigenvalue weighted by molar-refractivity contribution is 7.98. The first kappa shape index (κ1) is 18.4. The fourth-order valence-electron chi connectivity index (χ4n) is 3.04. The van der Waals surface area contributed by atoms with Gasteiger partial charge in [-0.3, -0.25) is 4.79 Å². The van der Waals surface area contributed by atoms with Crippen molar-refractivity contribution in [3.63, 3.8) is 0 Å². The summed E-state index contributed by atoms with van der Waals surface area (Å²) < 4.78 is 5.62. The molecule has 5 nitrogen and oxygen atoms in total. The summed E-state index contributed by atoms with van der Waals surface area (Å²) in [5.74, 6) is 2.12. The summed E-state index contributed by atoms with van der Waals surface area (Å²) in [6.45, 7) is 3.81. The minimum Gasteiger partial charge on any atom is -0.464 e. The van der Waals surface area contributed by atoms with Gasteiger partial charge in [-0.2, -0.15) is 0 Å². The summed E-state index contributed by atoms with van der Waals surface area (Å²) >= 11 is 1.58. The lowest BCUT2D eigenvalue weighted by Crippen LogP contribution is -2.27. The van der Waals surface area contributed by atoms with Crippen LogP contribution in [0.1, 0.15) is 40.4 Å². The highest BCUT2D eigenvalue weighted by Gasteiger charge is 2.17. The van der Waals surface area contributed by atoms with E-state index in [4.69, 9.17) is 4.42 Å². The van der Waals surface area contributed by atoms with Crippen LogP contribution in [0.5, 0.6) is 0 Å². The Morgan fingerprint density at radius 1 is 1.14 bits per heavy atom. The van der Waals surface area contributed by atoms with E-state index in [1.807, 2.05) is 74.5 Å². The second-order valence-electron chi connectivity index (χ2n) is 6.65. The van der Waals surface area contributed by atoms with Crippen LogP contribution < -0.4 is 5.32 Å². The minimum atomic E-state index is -0.197. The van der Waals surface area contributed by atoms with Crippen LogP contribution in [0.15, 0.2) is 70.2 Å². The zero-order chi connectivity index (χ0) is 19.5. The van der Waals surface area contributed by atoms with E-state index < -0.39 is 0 Å². The predicted molar refractivity (Wildman–Crippen MR) is 111 cm³/mol. The van der Waals surface area contributed by atoms with Gasteiger partial charge in [-0.1, -0.05) is 42.1 Å². The number of hydrogen-bond acceptors (Lipinski definition) is 4. The van der Waals surface area contributed by atoms with Gasteiger partial charge in [-0.25, -0.2) is 4.98 Å². The van der Waals surface area contributed by atoms with Crippen LogP contribution in [0.2, 0.25) is 0 Å². The Kier molecular flexibility index (Phi) is 5.21. The van der Waals surface area contributed by atoms with E-state index in [2.05, 4.69) is 15.3 Å². The number of thioether (sulfide) groups is 1. The number of aryl methyl sites for hydroxylation is 1. The Morgan fingerprint density at radius 3 is 2.71 bits per heavy atom. The van der Waals surface area contributed by atoms with E-state index in [-0.39, 0.29) is 11.9 Å². The number of para-hydroxylation sites is 2. The third-order valence-corrected chi connectivity index (χ3v) is 5.45.